The summed E-state index contributed by atoms with van der Waals surface area (Å²) in [4.78, 5) is 48.5. The van der Waals surface area contributed by atoms with Crippen molar-refractivity contribution in [2.45, 2.75) is 52.0 Å². The lowest BCUT2D eigenvalue weighted by Gasteiger charge is -2.40. The van der Waals surface area contributed by atoms with E-state index in [1.54, 1.807) is 0 Å². The van der Waals surface area contributed by atoms with Crippen LogP contribution < -0.4 is 5.32 Å². The first-order chi connectivity index (χ1) is 11.6. The monoisotopic (exact) mass is 354 g/mol. The molecule has 0 radical (unpaired) electrons. The van der Waals surface area contributed by atoms with Crippen LogP contribution in [0.25, 0.3) is 0 Å². The molecule has 0 aromatic carbocycles. The molecule has 1 saturated heterocycles. The van der Waals surface area contributed by atoms with E-state index in [0.29, 0.717) is 18.8 Å². The maximum atomic E-state index is 12.7. The minimum atomic E-state index is -0.915. The van der Waals surface area contributed by atoms with Gasteiger partial charge < -0.3 is 14.8 Å². The van der Waals surface area contributed by atoms with Gasteiger partial charge in [-0.1, -0.05) is 20.8 Å². The number of urea groups is 1. The highest BCUT2D eigenvalue weighted by Gasteiger charge is 2.53. The lowest BCUT2D eigenvalue weighted by Crippen LogP contribution is -2.50. The molecule has 3 amide bonds. The van der Waals surface area contributed by atoms with Gasteiger partial charge in [0.05, 0.1) is 7.11 Å². The first kappa shape index (κ1) is 19.2. The summed E-state index contributed by atoms with van der Waals surface area (Å²) in [7, 11) is 1.17. The maximum absolute atomic E-state index is 12.7. The number of hydrogen-bond acceptors (Lipinski definition) is 6. The van der Waals surface area contributed by atoms with Crippen LogP contribution in [0.5, 0.6) is 0 Å². The fourth-order valence-electron chi connectivity index (χ4n) is 3.51. The van der Waals surface area contributed by atoms with Crippen LogP contribution in [0.2, 0.25) is 0 Å². The van der Waals surface area contributed by atoms with Crippen molar-refractivity contribution in [2.24, 2.45) is 11.3 Å². The lowest BCUT2D eigenvalue weighted by molar-refractivity contribution is -0.158. The minimum absolute atomic E-state index is 0.157. The topological polar surface area (TPSA) is 102 Å². The number of rotatable bonds is 4. The molecule has 0 aromatic heterocycles. The van der Waals surface area contributed by atoms with Gasteiger partial charge in [0.1, 0.15) is 12.1 Å². The molecular weight excluding hydrogens is 328 g/mol. The van der Waals surface area contributed by atoms with Crippen molar-refractivity contribution in [1.29, 1.82) is 0 Å². The van der Waals surface area contributed by atoms with Crippen molar-refractivity contribution in [3.63, 3.8) is 0 Å². The number of nitrogens with one attached hydrogen (secondary N) is 1. The van der Waals surface area contributed by atoms with Gasteiger partial charge in [-0.05, 0) is 37.0 Å². The Kier molecular flexibility index (Phi) is 5.39. The van der Waals surface area contributed by atoms with Crippen molar-refractivity contribution >= 4 is 23.9 Å². The summed E-state index contributed by atoms with van der Waals surface area (Å²) in [5.41, 5.74) is -0.758. The number of nitrogens with zero attached hydrogens (tertiary/aromatic N) is 1. The van der Waals surface area contributed by atoms with E-state index in [2.05, 4.69) is 30.8 Å². The van der Waals surface area contributed by atoms with Crippen molar-refractivity contribution in [3.8, 4) is 0 Å². The molecule has 1 heterocycles. The van der Waals surface area contributed by atoms with Crippen molar-refractivity contribution in [3.05, 3.63) is 0 Å². The van der Waals surface area contributed by atoms with Crippen molar-refractivity contribution in [2.75, 3.05) is 20.3 Å². The molecule has 0 bridgehead atoms. The van der Waals surface area contributed by atoms with E-state index in [9.17, 15) is 19.2 Å². The van der Waals surface area contributed by atoms with Crippen LogP contribution in [0.3, 0.4) is 0 Å². The van der Waals surface area contributed by atoms with Gasteiger partial charge in [0.2, 0.25) is 0 Å². The average molecular weight is 354 g/mol. The summed E-state index contributed by atoms with van der Waals surface area (Å²) in [5.74, 6) is -1.43. The van der Waals surface area contributed by atoms with E-state index in [0.717, 1.165) is 17.7 Å². The van der Waals surface area contributed by atoms with Gasteiger partial charge in [0.15, 0.2) is 6.61 Å². The summed E-state index contributed by atoms with van der Waals surface area (Å²) in [6.07, 6.45) is 2.81. The van der Waals surface area contributed by atoms with Crippen LogP contribution in [0.1, 0.15) is 46.5 Å². The zero-order valence-corrected chi connectivity index (χ0v) is 15.2. The molecule has 2 aliphatic rings. The van der Waals surface area contributed by atoms with Gasteiger partial charge in [-0.2, -0.15) is 0 Å². The molecule has 1 aliphatic carbocycles. The Morgan fingerprint density at radius 3 is 2.32 bits per heavy atom. The van der Waals surface area contributed by atoms with Gasteiger partial charge in [-0.25, -0.2) is 9.59 Å². The number of esters is 2. The fraction of sp³-hybridized carbons (Fsp3) is 0.765. The summed E-state index contributed by atoms with van der Waals surface area (Å²) in [6, 6.07) is -0.589. The number of ether oxygens (including phenoxy) is 2. The normalized spacial score (nSPS) is 26.6. The summed E-state index contributed by atoms with van der Waals surface area (Å²) in [5, 5.41) is 2.76. The molecule has 0 unspecified atom stereocenters. The number of methoxy groups -OCH3 is 1. The second-order valence-corrected chi connectivity index (χ2v) is 7.78. The summed E-state index contributed by atoms with van der Waals surface area (Å²) in [6.45, 7) is 5.47. The SMILES string of the molecule is COC(=O)COC(=O)CN1C(=O)NC2(CCC(C(C)(C)C)CC2)C1=O. The van der Waals surface area contributed by atoms with Gasteiger partial charge in [-0.3, -0.25) is 14.5 Å². The van der Waals surface area contributed by atoms with Gasteiger partial charge >= 0.3 is 18.0 Å². The molecule has 8 heteroatoms. The molecule has 0 atom stereocenters. The second kappa shape index (κ2) is 7.01. The zero-order valence-electron chi connectivity index (χ0n) is 15.2. The Hall–Kier alpha value is -2.12. The van der Waals surface area contributed by atoms with Crippen LogP contribution in [-0.4, -0.2) is 54.6 Å². The average Bonchev–Trinajstić information content (AvgIpc) is 2.76. The third-order valence-corrected chi connectivity index (χ3v) is 5.18. The van der Waals surface area contributed by atoms with Crippen LogP contribution in [0.4, 0.5) is 4.79 Å². The predicted octanol–water partition coefficient (Wildman–Crippen LogP) is 1.23. The Labute approximate surface area is 147 Å². The Morgan fingerprint density at radius 2 is 1.80 bits per heavy atom. The van der Waals surface area contributed by atoms with Gasteiger partial charge in [0, 0.05) is 0 Å². The third-order valence-electron chi connectivity index (χ3n) is 5.18. The second-order valence-electron chi connectivity index (χ2n) is 7.78. The largest absolute Gasteiger partial charge is 0.466 e. The summed E-state index contributed by atoms with van der Waals surface area (Å²) >= 11 is 0. The Balaban J connectivity index is 1.96. The molecule has 1 saturated carbocycles. The zero-order chi connectivity index (χ0) is 18.8. The van der Waals surface area contributed by atoms with E-state index in [4.69, 9.17) is 4.74 Å². The molecule has 1 spiro atoms. The van der Waals surface area contributed by atoms with E-state index in [-0.39, 0.29) is 11.3 Å². The molecular formula is C17H26N2O6. The molecule has 140 valence electrons. The number of amides is 3. The van der Waals surface area contributed by atoms with E-state index in [1.807, 2.05) is 0 Å². The Morgan fingerprint density at radius 1 is 1.20 bits per heavy atom. The molecule has 2 rings (SSSR count). The third kappa shape index (κ3) is 4.11. The number of hydrogen-bond donors (Lipinski definition) is 1. The van der Waals surface area contributed by atoms with Crippen LogP contribution >= 0.6 is 0 Å². The van der Waals surface area contributed by atoms with Gasteiger partial charge in [-0.15, -0.1) is 0 Å². The predicted molar refractivity (Wildman–Crippen MR) is 87.4 cm³/mol. The van der Waals surface area contributed by atoms with Crippen molar-refractivity contribution in [1.82, 2.24) is 10.2 Å². The Bertz CT molecular complexity index is 572. The van der Waals surface area contributed by atoms with Crippen molar-refractivity contribution < 1.29 is 28.7 Å². The molecule has 25 heavy (non-hydrogen) atoms. The quantitative estimate of drug-likeness (QED) is 0.602. The minimum Gasteiger partial charge on any atom is -0.466 e. The molecule has 2 fully saturated rings. The molecule has 0 aromatic rings. The number of imide groups is 1. The highest BCUT2D eigenvalue weighted by molar-refractivity contribution is 6.08. The smallest absolute Gasteiger partial charge is 0.344 e. The van der Waals surface area contributed by atoms with E-state index < -0.39 is 36.7 Å². The fourth-order valence-corrected chi connectivity index (χ4v) is 3.51. The van der Waals surface area contributed by atoms with E-state index >= 15 is 0 Å². The summed E-state index contributed by atoms with van der Waals surface area (Å²) < 4.78 is 9.07. The first-order valence-corrected chi connectivity index (χ1v) is 8.45. The standard InChI is InChI=1S/C17H26N2O6/c1-16(2,3)11-5-7-17(8-6-11)14(22)19(15(23)18-17)9-12(20)25-10-13(21)24-4/h11H,5-10H2,1-4H3,(H,18,23). The molecule has 1 aliphatic heterocycles. The number of carbonyl (C=O) groups excluding carboxylic acids is 4. The molecule has 1 N–H and O–H groups in total. The van der Waals surface area contributed by atoms with Gasteiger partial charge in [0.25, 0.3) is 5.91 Å². The maximum Gasteiger partial charge on any atom is 0.344 e. The highest BCUT2D eigenvalue weighted by Crippen LogP contribution is 2.43. The molecule has 8 nitrogen and oxygen atoms in total. The van der Waals surface area contributed by atoms with Crippen LogP contribution in [-0.2, 0) is 23.9 Å². The highest BCUT2D eigenvalue weighted by atomic mass is 16.6. The van der Waals surface area contributed by atoms with Crippen LogP contribution in [0, 0.1) is 11.3 Å². The lowest BCUT2D eigenvalue weighted by atomic mass is 9.67. The van der Waals surface area contributed by atoms with E-state index in [1.165, 1.54) is 7.11 Å². The van der Waals surface area contributed by atoms with Crippen LogP contribution in [0.15, 0.2) is 0 Å². The first-order valence-electron chi connectivity index (χ1n) is 8.45. The number of carbonyl (C=O) groups is 4.